The first-order chi connectivity index (χ1) is 22.3. The number of aromatic nitrogens is 2. The minimum Gasteiger partial charge on any atom is -0.480 e. The largest absolute Gasteiger partial charge is 0.480 e. The van der Waals surface area contributed by atoms with Crippen LogP contribution in [0.15, 0.2) is 78.4 Å². The third-order valence-corrected chi connectivity index (χ3v) is 11.2. The van der Waals surface area contributed by atoms with E-state index >= 15 is 0 Å². The maximum Gasteiger partial charge on any atom is 0.416 e. The summed E-state index contributed by atoms with van der Waals surface area (Å²) in [4.78, 5) is 51.9. The lowest BCUT2D eigenvalue weighted by Gasteiger charge is -2.31. The van der Waals surface area contributed by atoms with Crippen molar-refractivity contribution in [1.82, 2.24) is 19.8 Å². The second kappa shape index (κ2) is 12.8. The smallest absolute Gasteiger partial charge is 0.416 e. The van der Waals surface area contributed by atoms with E-state index in [1.165, 1.54) is 40.1 Å². The second-order valence-corrected chi connectivity index (χ2v) is 14.7. The Morgan fingerprint density at radius 1 is 0.957 bits per heavy atom. The normalized spacial score (nSPS) is 19.9. The van der Waals surface area contributed by atoms with Gasteiger partial charge in [-0.2, -0.15) is 13.2 Å². The predicted molar refractivity (Wildman–Crippen MR) is 173 cm³/mol. The molecule has 2 aromatic carbocycles. The van der Waals surface area contributed by atoms with Gasteiger partial charge in [0.25, 0.3) is 11.8 Å². The summed E-state index contributed by atoms with van der Waals surface area (Å²) in [7, 11) is 0. The highest BCUT2D eigenvalue weighted by atomic mass is 32.2. The lowest BCUT2D eigenvalue weighted by Crippen LogP contribution is -2.49. The van der Waals surface area contributed by atoms with Gasteiger partial charge in [0, 0.05) is 52.7 Å². The number of halogens is 3. The molecule has 0 radical (unpaired) electrons. The Kier molecular flexibility index (Phi) is 8.88. The first-order valence-corrected chi connectivity index (χ1v) is 16.8. The van der Waals surface area contributed by atoms with Gasteiger partial charge < -0.3 is 14.9 Å². The Bertz CT molecular complexity index is 1790. The topological polar surface area (TPSA) is 104 Å². The molecule has 0 spiro atoms. The van der Waals surface area contributed by atoms with E-state index in [0.717, 1.165) is 22.7 Å². The zero-order valence-electron chi connectivity index (χ0n) is 25.5. The molecule has 1 N–H and O–H groups in total. The van der Waals surface area contributed by atoms with Gasteiger partial charge in [-0.1, -0.05) is 36.4 Å². The van der Waals surface area contributed by atoms with Crippen LogP contribution in [0.5, 0.6) is 0 Å². The maximum absolute atomic E-state index is 13.9. The Hall–Kier alpha value is -4.23. The molecule has 0 bridgehead atoms. The molecule has 2 atom stereocenters. The fourth-order valence-corrected chi connectivity index (χ4v) is 8.73. The highest BCUT2D eigenvalue weighted by Gasteiger charge is 2.54. The van der Waals surface area contributed by atoms with Crippen molar-refractivity contribution < 1.29 is 32.7 Å². The Morgan fingerprint density at radius 2 is 1.66 bits per heavy atom. The lowest BCUT2D eigenvalue weighted by molar-refractivity contribution is -0.143. The molecule has 0 saturated carbocycles. The summed E-state index contributed by atoms with van der Waals surface area (Å²) in [5.41, 5.74) is 1.66. The number of nitrogens with zero attached hydrogens (tertiary/aromatic N) is 4. The van der Waals surface area contributed by atoms with Gasteiger partial charge in [0.05, 0.1) is 10.6 Å². The fourth-order valence-electron chi connectivity index (χ4n) is 6.24. The van der Waals surface area contributed by atoms with E-state index in [-0.39, 0.29) is 17.5 Å². The SMILES string of the molecule is CC1(C)SC(c2cccnc2)N(C(=O)c2csc(C3CCN(C(=O)c4ccccc4-c4ccc(C(F)(F)F)cc4)CC3)n2)[C@@H]1C(=O)O. The van der Waals surface area contributed by atoms with Crippen LogP contribution in [-0.4, -0.2) is 66.5 Å². The summed E-state index contributed by atoms with van der Waals surface area (Å²) >= 11 is 2.75. The number of rotatable bonds is 6. The molecule has 2 saturated heterocycles. The number of piperidine rings is 1. The minimum atomic E-state index is -4.45. The summed E-state index contributed by atoms with van der Waals surface area (Å²) < 4.78 is 38.5. The van der Waals surface area contributed by atoms with Gasteiger partial charge in [0.15, 0.2) is 0 Å². The molecule has 0 aliphatic carbocycles. The van der Waals surface area contributed by atoms with Crippen molar-refractivity contribution >= 4 is 40.9 Å². The van der Waals surface area contributed by atoms with Crippen LogP contribution in [0.1, 0.15) is 75.0 Å². The number of aliphatic carboxylic acids is 1. The molecule has 4 heterocycles. The van der Waals surface area contributed by atoms with Gasteiger partial charge in [-0.25, -0.2) is 9.78 Å². The van der Waals surface area contributed by atoms with Crippen molar-refractivity contribution in [3.63, 3.8) is 0 Å². The monoisotopic (exact) mass is 680 g/mol. The van der Waals surface area contributed by atoms with Crippen LogP contribution in [0.25, 0.3) is 11.1 Å². The molecule has 1 unspecified atom stereocenters. The Labute approximate surface area is 277 Å². The molecular formula is C34H31F3N4O4S2. The summed E-state index contributed by atoms with van der Waals surface area (Å²) in [6.07, 6.45) is 0.0352. The third kappa shape index (κ3) is 6.51. The van der Waals surface area contributed by atoms with Gasteiger partial charge in [0.2, 0.25) is 0 Å². The molecule has 2 aliphatic heterocycles. The number of hydrogen-bond acceptors (Lipinski definition) is 7. The number of carboxylic acids is 1. The van der Waals surface area contributed by atoms with Crippen molar-refractivity contribution in [2.45, 2.75) is 54.9 Å². The number of amides is 2. The number of benzene rings is 2. The number of hydrogen-bond donors (Lipinski definition) is 1. The summed E-state index contributed by atoms with van der Waals surface area (Å²) in [6.45, 7) is 4.51. The predicted octanol–water partition coefficient (Wildman–Crippen LogP) is 7.36. The molecule has 244 valence electrons. The number of carbonyl (C=O) groups is 3. The standard InChI is InChI=1S/C34H31F3N4O4S2/c1-33(2)27(32(44)45)41(31(47-33)22-6-5-15-38-18-22)30(43)26-19-46-28(39-26)21-13-16-40(17-14-21)29(42)25-8-4-3-7-24(25)20-9-11-23(12-10-20)34(35,36)37/h3-12,15,18-19,21,27,31H,13-14,16-17H2,1-2H3,(H,44,45)/t27-,31?/m1/s1. The number of carbonyl (C=O) groups excluding carboxylic acids is 2. The van der Waals surface area contributed by atoms with Crippen LogP contribution >= 0.6 is 23.1 Å². The van der Waals surface area contributed by atoms with Crippen molar-refractivity contribution in [1.29, 1.82) is 0 Å². The highest BCUT2D eigenvalue weighted by Crippen LogP contribution is 2.52. The average molecular weight is 681 g/mol. The van der Waals surface area contributed by atoms with E-state index < -0.39 is 39.8 Å². The lowest BCUT2D eigenvalue weighted by atomic mass is 9.94. The number of thiazole rings is 1. The van der Waals surface area contributed by atoms with E-state index in [9.17, 15) is 32.7 Å². The molecule has 47 heavy (non-hydrogen) atoms. The molecular weight excluding hydrogens is 650 g/mol. The number of alkyl halides is 3. The van der Waals surface area contributed by atoms with Crippen molar-refractivity contribution in [3.8, 4) is 11.1 Å². The van der Waals surface area contributed by atoms with E-state index in [1.807, 2.05) is 19.9 Å². The Balaban J connectivity index is 1.16. The molecule has 6 rings (SSSR count). The zero-order valence-corrected chi connectivity index (χ0v) is 27.1. The van der Waals surface area contributed by atoms with Crippen LogP contribution in [0.4, 0.5) is 13.2 Å². The molecule has 2 amide bonds. The Morgan fingerprint density at radius 3 is 2.30 bits per heavy atom. The van der Waals surface area contributed by atoms with Crippen LogP contribution in [0.2, 0.25) is 0 Å². The number of thioether (sulfide) groups is 1. The van der Waals surface area contributed by atoms with Crippen molar-refractivity contribution in [2.75, 3.05) is 13.1 Å². The quantitative estimate of drug-likeness (QED) is 0.227. The van der Waals surface area contributed by atoms with Crippen LogP contribution in [0.3, 0.4) is 0 Å². The maximum atomic E-state index is 13.9. The van der Waals surface area contributed by atoms with E-state index in [1.54, 1.807) is 53.0 Å². The van der Waals surface area contributed by atoms with Crippen molar-refractivity contribution in [3.05, 3.63) is 106 Å². The van der Waals surface area contributed by atoms with Gasteiger partial charge >= 0.3 is 12.1 Å². The van der Waals surface area contributed by atoms with Gasteiger partial charge in [-0.15, -0.1) is 23.1 Å². The molecule has 2 aromatic heterocycles. The molecule has 13 heteroatoms. The molecule has 2 fully saturated rings. The second-order valence-electron chi connectivity index (χ2n) is 12.1. The van der Waals surface area contributed by atoms with Crippen LogP contribution in [0, 0.1) is 0 Å². The first kappa shape index (κ1) is 32.7. The van der Waals surface area contributed by atoms with Gasteiger partial charge in [0.1, 0.15) is 17.1 Å². The van der Waals surface area contributed by atoms with Crippen LogP contribution in [-0.2, 0) is 11.0 Å². The van der Waals surface area contributed by atoms with Gasteiger partial charge in [-0.3, -0.25) is 14.6 Å². The summed E-state index contributed by atoms with van der Waals surface area (Å²) in [5, 5.41) is 12.0. The highest BCUT2D eigenvalue weighted by molar-refractivity contribution is 8.01. The van der Waals surface area contributed by atoms with Crippen molar-refractivity contribution in [2.24, 2.45) is 0 Å². The molecule has 4 aromatic rings. The molecule has 2 aliphatic rings. The zero-order chi connectivity index (χ0) is 33.5. The number of likely N-dealkylation sites (tertiary alicyclic amines) is 1. The van der Waals surface area contributed by atoms with E-state index in [2.05, 4.69) is 9.97 Å². The number of pyridine rings is 1. The fraction of sp³-hybridized carbons (Fsp3) is 0.324. The average Bonchev–Trinajstić information content (AvgIpc) is 3.67. The number of carboxylic acid groups (broad SMARTS) is 1. The minimum absolute atomic E-state index is 0.00421. The van der Waals surface area contributed by atoms with Crippen LogP contribution < -0.4 is 0 Å². The summed E-state index contributed by atoms with van der Waals surface area (Å²) in [6, 6.07) is 14.2. The van der Waals surface area contributed by atoms with Gasteiger partial charge in [-0.05, 0) is 62.1 Å². The van der Waals surface area contributed by atoms with E-state index in [4.69, 9.17) is 0 Å². The van der Waals surface area contributed by atoms with E-state index in [0.29, 0.717) is 42.6 Å². The first-order valence-electron chi connectivity index (χ1n) is 15.0. The third-order valence-electron chi connectivity index (χ3n) is 8.60. The molecule has 8 nitrogen and oxygen atoms in total. The summed E-state index contributed by atoms with van der Waals surface area (Å²) in [5.74, 6) is -1.75.